The van der Waals surface area contributed by atoms with E-state index in [1.165, 1.54) is 0 Å². The fraction of sp³-hybridized carbons (Fsp3) is 0.0625. The number of rotatable bonds is 2. The third-order valence-electron chi connectivity index (χ3n) is 3.33. The maximum absolute atomic E-state index is 12.7. The molecule has 2 heterocycles. The van der Waals surface area contributed by atoms with Crippen LogP contribution in [-0.4, -0.2) is 43.1 Å². The van der Waals surface area contributed by atoms with E-state index in [9.17, 15) is 4.79 Å². The van der Waals surface area contributed by atoms with E-state index < -0.39 is 0 Å². The third-order valence-corrected chi connectivity index (χ3v) is 4.54. The summed E-state index contributed by atoms with van der Waals surface area (Å²) < 4.78 is 0.725. The van der Waals surface area contributed by atoms with Crippen LogP contribution >= 0.6 is 11.6 Å². The summed E-state index contributed by atoms with van der Waals surface area (Å²) in [5.74, 6) is -0.0950. The van der Waals surface area contributed by atoms with Crippen LogP contribution < -0.4 is 4.90 Å². The van der Waals surface area contributed by atoms with Crippen LogP contribution in [0.15, 0.2) is 54.5 Å². The molecule has 4 nitrogen and oxygen atoms in total. The molecule has 0 unspecified atom stereocenters. The average Bonchev–Trinajstić information content (AvgIpc) is 2.73. The molecule has 1 aromatic heterocycles. The van der Waals surface area contributed by atoms with E-state index in [-0.39, 0.29) is 5.91 Å². The van der Waals surface area contributed by atoms with Gasteiger partial charge in [-0.1, -0.05) is 0 Å². The van der Waals surface area contributed by atoms with E-state index in [1.807, 2.05) is 42.3 Å². The second-order valence-electron chi connectivity index (χ2n) is 4.77. The van der Waals surface area contributed by atoms with Crippen LogP contribution in [-0.2, 0) is 4.79 Å². The minimum absolute atomic E-state index is 0.0950. The molecule has 22 heavy (non-hydrogen) atoms. The summed E-state index contributed by atoms with van der Waals surface area (Å²) in [5, 5.41) is 0.636. The van der Waals surface area contributed by atoms with Gasteiger partial charge in [0.25, 0.3) is 0 Å². The number of halogens is 1. The Balaban J connectivity index is 1.99. The van der Waals surface area contributed by atoms with Crippen molar-refractivity contribution >= 4 is 49.5 Å². The number of hydrogen-bond acceptors (Lipinski definition) is 3. The molecule has 1 fully saturated rings. The molecule has 1 aliphatic heterocycles. The van der Waals surface area contributed by atoms with Gasteiger partial charge >= 0.3 is 141 Å². The van der Waals surface area contributed by atoms with Crippen molar-refractivity contribution in [2.24, 2.45) is 0 Å². The fourth-order valence-electron chi connectivity index (χ4n) is 2.19. The predicted octanol–water partition coefficient (Wildman–Crippen LogP) is 2.31. The summed E-state index contributed by atoms with van der Waals surface area (Å²) in [6.07, 6.45) is 5.24. The van der Waals surface area contributed by atoms with Gasteiger partial charge in [0, 0.05) is 0 Å². The molecule has 1 saturated heterocycles. The molecule has 0 spiro atoms. The van der Waals surface area contributed by atoms with Gasteiger partial charge in [0.15, 0.2) is 0 Å². The molecule has 2 aromatic rings. The number of benzene rings is 1. The molecule has 0 bridgehead atoms. The van der Waals surface area contributed by atoms with Crippen LogP contribution in [0.4, 0.5) is 5.69 Å². The first-order chi connectivity index (χ1) is 10.6. The molecule has 1 amide bonds. The standard InChI is InChI=1S/C16H12ClN3OSe/c1-19-14(9-11-3-2-8-18-10-11)15(21)20(16(19)22)13-6-4-12(17)5-7-13/h2-10H,1H3. The summed E-state index contributed by atoms with van der Waals surface area (Å²) in [5.41, 5.74) is 2.23. The molecule has 0 aliphatic carbocycles. The van der Waals surface area contributed by atoms with Crippen molar-refractivity contribution in [2.45, 2.75) is 0 Å². The van der Waals surface area contributed by atoms with Crippen molar-refractivity contribution in [3.8, 4) is 0 Å². The van der Waals surface area contributed by atoms with Crippen LogP contribution in [0, 0.1) is 0 Å². The zero-order valence-corrected chi connectivity index (χ0v) is 14.2. The number of hydrogen-bond donors (Lipinski definition) is 0. The zero-order chi connectivity index (χ0) is 15.7. The molecular weight excluding hydrogens is 365 g/mol. The molecule has 1 aromatic carbocycles. The summed E-state index contributed by atoms with van der Waals surface area (Å²) in [6, 6.07) is 10.9. The molecule has 0 radical (unpaired) electrons. The van der Waals surface area contributed by atoms with E-state index in [1.54, 1.807) is 29.4 Å². The Labute approximate surface area is 141 Å². The molecule has 6 heteroatoms. The van der Waals surface area contributed by atoms with Gasteiger partial charge in [-0.2, -0.15) is 0 Å². The van der Waals surface area contributed by atoms with Gasteiger partial charge in [-0.15, -0.1) is 0 Å². The number of carbonyl (C=O) groups excluding carboxylic acids is 1. The zero-order valence-electron chi connectivity index (χ0n) is 11.7. The van der Waals surface area contributed by atoms with Crippen molar-refractivity contribution in [2.75, 3.05) is 11.9 Å². The quantitative estimate of drug-likeness (QED) is 0.596. The van der Waals surface area contributed by atoms with Gasteiger partial charge in [0.2, 0.25) is 0 Å². The number of anilines is 1. The number of aromatic nitrogens is 1. The van der Waals surface area contributed by atoms with Crippen LogP contribution in [0.25, 0.3) is 6.08 Å². The Morgan fingerprint density at radius 3 is 2.59 bits per heavy atom. The second kappa shape index (κ2) is 6.05. The van der Waals surface area contributed by atoms with Gasteiger partial charge in [0.1, 0.15) is 0 Å². The summed E-state index contributed by atoms with van der Waals surface area (Å²) in [7, 11) is 1.85. The number of amides is 1. The van der Waals surface area contributed by atoms with E-state index in [4.69, 9.17) is 11.6 Å². The van der Waals surface area contributed by atoms with Crippen molar-refractivity contribution in [3.63, 3.8) is 0 Å². The van der Waals surface area contributed by atoms with Crippen molar-refractivity contribution < 1.29 is 4.79 Å². The maximum atomic E-state index is 12.7. The Morgan fingerprint density at radius 1 is 1.23 bits per heavy atom. The Kier molecular flexibility index (Phi) is 4.12. The average molecular weight is 377 g/mol. The summed E-state index contributed by atoms with van der Waals surface area (Å²) in [4.78, 5) is 20.3. The number of carbonyl (C=O) groups is 1. The SMILES string of the molecule is CN1C(=[Se])N(c2ccc(Cl)cc2)C(=O)C1=Cc1cccnc1. The molecule has 110 valence electrons. The summed E-state index contributed by atoms with van der Waals surface area (Å²) >= 11 is 8.87. The molecule has 0 saturated carbocycles. The van der Waals surface area contributed by atoms with Crippen molar-refractivity contribution in [3.05, 3.63) is 65.1 Å². The van der Waals surface area contributed by atoms with E-state index in [0.29, 0.717) is 10.7 Å². The Morgan fingerprint density at radius 2 is 1.95 bits per heavy atom. The predicted molar refractivity (Wildman–Crippen MR) is 89.7 cm³/mol. The fourth-order valence-corrected chi connectivity index (χ4v) is 2.92. The first-order valence-corrected chi connectivity index (χ1v) is 7.81. The molecule has 1 aliphatic rings. The van der Waals surface area contributed by atoms with Gasteiger partial charge < -0.3 is 0 Å². The Bertz CT molecular complexity index is 759. The topological polar surface area (TPSA) is 36.4 Å². The first kappa shape index (κ1) is 15.0. The van der Waals surface area contributed by atoms with E-state index in [0.717, 1.165) is 15.9 Å². The van der Waals surface area contributed by atoms with Gasteiger partial charge in [0.05, 0.1) is 0 Å². The minimum atomic E-state index is -0.0950. The van der Waals surface area contributed by atoms with Crippen LogP contribution in [0.5, 0.6) is 0 Å². The molecule has 0 atom stereocenters. The van der Waals surface area contributed by atoms with Gasteiger partial charge in [-0.05, 0) is 0 Å². The Hall–Kier alpha value is -1.94. The number of nitrogens with zero attached hydrogens (tertiary/aromatic N) is 3. The van der Waals surface area contributed by atoms with Crippen molar-refractivity contribution in [1.82, 2.24) is 9.88 Å². The van der Waals surface area contributed by atoms with Crippen LogP contribution in [0.2, 0.25) is 5.02 Å². The van der Waals surface area contributed by atoms with Gasteiger partial charge in [-0.3, -0.25) is 0 Å². The monoisotopic (exact) mass is 377 g/mol. The first-order valence-electron chi connectivity index (χ1n) is 6.57. The number of pyridine rings is 1. The molecule has 3 rings (SSSR count). The number of likely N-dealkylation sites (N-methyl/N-ethyl adjacent to an activating group) is 1. The van der Waals surface area contributed by atoms with E-state index in [2.05, 4.69) is 20.6 Å². The van der Waals surface area contributed by atoms with Crippen LogP contribution in [0.3, 0.4) is 0 Å². The van der Waals surface area contributed by atoms with E-state index >= 15 is 0 Å². The third kappa shape index (κ3) is 2.71. The molecule has 0 N–H and O–H groups in total. The van der Waals surface area contributed by atoms with Crippen molar-refractivity contribution in [1.29, 1.82) is 0 Å². The van der Waals surface area contributed by atoms with Gasteiger partial charge in [-0.25, -0.2) is 0 Å². The summed E-state index contributed by atoms with van der Waals surface area (Å²) in [6.45, 7) is 0. The van der Waals surface area contributed by atoms with Crippen LogP contribution in [0.1, 0.15) is 5.56 Å². The normalized spacial score (nSPS) is 16.7. The second-order valence-corrected chi connectivity index (χ2v) is 5.98. The molecular formula is C16H12ClN3OSe.